The fourth-order valence-electron chi connectivity index (χ4n) is 10.1. The van der Waals surface area contributed by atoms with Crippen molar-refractivity contribution in [2.75, 3.05) is 0 Å². The summed E-state index contributed by atoms with van der Waals surface area (Å²) in [5.41, 5.74) is 10.5. The van der Waals surface area contributed by atoms with Gasteiger partial charge in [-0.15, -0.1) is 0 Å². The van der Waals surface area contributed by atoms with Crippen LogP contribution in [0.15, 0.2) is 224 Å². The van der Waals surface area contributed by atoms with Crippen LogP contribution in [0.2, 0.25) is 0 Å². The first-order valence-corrected chi connectivity index (χ1v) is 23.7. The quantitative estimate of drug-likeness (QED) is 0.123. The summed E-state index contributed by atoms with van der Waals surface area (Å²) in [5.74, 6) is 1.97. The van der Waals surface area contributed by atoms with Gasteiger partial charge in [0.05, 0.1) is 0 Å². The molecular formula is C61H37N3Se. The Morgan fingerprint density at radius 2 is 0.646 bits per heavy atom. The summed E-state index contributed by atoms with van der Waals surface area (Å²) in [6, 6.07) is 81.0. The van der Waals surface area contributed by atoms with Crippen LogP contribution in [-0.2, 0) is 0 Å². The van der Waals surface area contributed by atoms with Gasteiger partial charge in [-0.3, -0.25) is 0 Å². The fraction of sp³-hybridized carbons (Fsp3) is 0. The van der Waals surface area contributed by atoms with Gasteiger partial charge in [0.15, 0.2) is 0 Å². The van der Waals surface area contributed by atoms with E-state index in [9.17, 15) is 0 Å². The molecule has 0 bridgehead atoms. The van der Waals surface area contributed by atoms with Crippen molar-refractivity contribution >= 4 is 76.9 Å². The summed E-state index contributed by atoms with van der Waals surface area (Å²) in [6.07, 6.45) is 0. The monoisotopic (exact) mass is 891 g/mol. The molecule has 0 unspecified atom stereocenters. The summed E-state index contributed by atoms with van der Waals surface area (Å²) in [6.45, 7) is 0. The molecule has 0 aliphatic carbocycles. The molecular weight excluding hydrogens is 854 g/mol. The molecule has 0 atom stereocenters. The van der Waals surface area contributed by atoms with Gasteiger partial charge in [0.25, 0.3) is 0 Å². The standard InChI is InChI=1S/C61H37N3Se/c1-4-19-38(20-5-1)54-42-25-10-14-29-46(42)56(47-30-15-11-26-43(47)54)51-33-18-34-52-57(51)50-36-35-41(37-53(50)65-52)55-44-27-12-16-31-48(44)58(49-32-17-13-28-45(49)55)61-63-59(39-21-6-2-7-22-39)62-60(64-61)40-23-8-3-9-24-40/h1-37H. The third-order valence-electron chi connectivity index (χ3n) is 12.9. The van der Waals surface area contributed by atoms with Crippen LogP contribution in [0.4, 0.5) is 0 Å². The first-order chi connectivity index (χ1) is 32.3. The predicted molar refractivity (Wildman–Crippen MR) is 274 cm³/mol. The summed E-state index contributed by atoms with van der Waals surface area (Å²) >= 11 is 0.115. The molecule has 0 N–H and O–H groups in total. The van der Waals surface area contributed by atoms with Crippen LogP contribution >= 0.6 is 0 Å². The van der Waals surface area contributed by atoms with E-state index in [2.05, 4.69) is 188 Å². The number of nitrogens with zero attached hydrogens (tertiary/aromatic N) is 3. The maximum absolute atomic E-state index is 5.24. The molecule has 0 aliphatic heterocycles. The van der Waals surface area contributed by atoms with E-state index in [-0.39, 0.29) is 14.5 Å². The second-order valence-electron chi connectivity index (χ2n) is 16.6. The summed E-state index contributed by atoms with van der Waals surface area (Å²) in [5, 5.41) is 12.4. The van der Waals surface area contributed by atoms with Gasteiger partial charge in [-0.1, -0.05) is 36.4 Å². The molecule has 0 radical (unpaired) electrons. The Bertz CT molecular complexity index is 3820. The van der Waals surface area contributed by atoms with Crippen molar-refractivity contribution < 1.29 is 0 Å². The Morgan fingerprint density at radius 3 is 1.14 bits per heavy atom. The van der Waals surface area contributed by atoms with Gasteiger partial charge >= 0.3 is 347 Å². The first kappa shape index (κ1) is 37.5. The average Bonchev–Trinajstić information content (AvgIpc) is 3.76. The van der Waals surface area contributed by atoms with Crippen LogP contribution in [-0.4, -0.2) is 29.5 Å². The molecule has 0 amide bonds. The first-order valence-electron chi connectivity index (χ1n) is 22.0. The molecule has 0 spiro atoms. The molecule has 0 saturated carbocycles. The summed E-state index contributed by atoms with van der Waals surface area (Å²) < 4.78 is 2.83. The van der Waals surface area contributed by atoms with E-state index in [0.717, 1.165) is 27.5 Å². The van der Waals surface area contributed by atoms with Crippen LogP contribution < -0.4 is 0 Å². The number of aromatic nitrogens is 3. The summed E-state index contributed by atoms with van der Waals surface area (Å²) in [7, 11) is 0. The van der Waals surface area contributed by atoms with Crippen LogP contribution in [0.3, 0.4) is 0 Å². The smallest absolute Gasteiger partial charge is 0.0615 e. The van der Waals surface area contributed by atoms with Crippen molar-refractivity contribution in [3.8, 4) is 67.5 Å². The normalized spacial score (nSPS) is 11.7. The molecule has 3 nitrogen and oxygen atoms in total. The Hall–Kier alpha value is -8.01. The van der Waals surface area contributed by atoms with Crippen LogP contribution in [0.5, 0.6) is 0 Å². The Morgan fingerprint density at radius 1 is 0.246 bits per heavy atom. The van der Waals surface area contributed by atoms with Crippen LogP contribution in [0.25, 0.3) is 130 Å². The van der Waals surface area contributed by atoms with Gasteiger partial charge in [0, 0.05) is 0 Å². The molecule has 65 heavy (non-hydrogen) atoms. The molecule has 0 saturated heterocycles. The number of rotatable bonds is 6. The third-order valence-corrected chi connectivity index (χ3v) is 15.2. The Balaban J connectivity index is 1.03. The Labute approximate surface area is 381 Å². The van der Waals surface area contributed by atoms with Crippen LogP contribution in [0, 0.1) is 0 Å². The van der Waals surface area contributed by atoms with E-state index in [1.54, 1.807) is 0 Å². The van der Waals surface area contributed by atoms with Gasteiger partial charge in [-0.05, 0) is 0 Å². The summed E-state index contributed by atoms with van der Waals surface area (Å²) in [4.78, 5) is 15.5. The molecule has 13 aromatic rings. The van der Waals surface area contributed by atoms with Crippen molar-refractivity contribution in [3.05, 3.63) is 224 Å². The number of hydrogen-bond donors (Lipinski definition) is 0. The van der Waals surface area contributed by atoms with Gasteiger partial charge in [0.2, 0.25) is 0 Å². The van der Waals surface area contributed by atoms with E-state index in [0.29, 0.717) is 17.5 Å². The zero-order chi connectivity index (χ0) is 42.8. The maximum atomic E-state index is 5.24. The molecule has 4 heteroatoms. The predicted octanol–water partition coefficient (Wildman–Crippen LogP) is 15.8. The topological polar surface area (TPSA) is 38.7 Å². The number of hydrogen-bond acceptors (Lipinski definition) is 3. The van der Waals surface area contributed by atoms with Gasteiger partial charge in [0.1, 0.15) is 0 Å². The SMILES string of the molecule is c1ccc(-c2nc(-c3ccccc3)nc(-c3c4ccccc4c(-c4ccc5c(c4)[se]c4cccc(-c6c7ccccc7c(-c7ccccc7)c7ccccc67)c45)c4ccccc34)n2)cc1. The minimum atomic E-state index is 0.115. The van der Waals surface area contributed by atoms with E-state index in [4.69, 9.17) is 15.0 Å². The molecule has 0 fully saturated rings. The van der Waals surface area contributed by atoms with E-state index in [1.807, 2.05) is 36.4 Å². The molecule has 0 aliphatic rings. The molecule has 13 rings (SSSR count). The van der Waals surface area contributed by atoms with Crippen molar-refractivity contribution in [3.63, 3.8) is 0 Å². The average molecular weight is 891 g/mol. The Kier molecular flexibility index (Phi) is 8.87. The van der Waals surface area contributed by atoms with Crippen molar-refractivity contribution in [2.45, 2.75) is 0 Å². The third kappa shape index (κ3) is 6.14. The number of benzene rings is 11. The van der Waals surface area contributed by atoms with Gasteiger partial charge < -0.3 is 0 Å². The second kappa shape index (κ2) is 15.4. The zero-order valence-corrected chi connectivity index (χ0v) is 36.8. The minimum absolute atomic E-state index is 0.115. The molecule has 2 heterocycles. The van der Waals surface area contributed by atoms with E-state index < -0.39 is 0 Å². The fourth-order valence-corrected chi connectivity index (χ4v) is 12.6. The second-order valence-corrected chi connectivity index (χ2v) is 18.9. The molecule has 302 valence electrons. The van der Waals surface area contributed by atoms with E-state index in [1.165, 1.54) is 85.0 Å². The zero-order valence-electron chi connectivity index (χ0n) is 35.1. The van der Waals surface area contributed by atoms with E-state index >= 15 is 0 Å². The molecule has 11 aromatic carbocycles. The number of fused-ring (bicyclic) bond motifs is 7. The van der Waals surface area contributed by atoms with Crippen molar-refractivity contribution in [2.24, 2.45) is 0 Å². The van der Waals surface area contributed by atoms with Gasteiger partial charge in [-0.25, -0.2) is 0 Å². The van der Waals surface area contributed by atoms with Crippen molar-refractivity contribution in [1.29, 1.82) is 0 Å². The van der Waals surface area contributed by atoms with Gasteiger partial charge in [-0.2, -0.15) is 0 Å². The minimum Gasteiger partial charge on any atom is -0.0615 e. The van der Waals surface area contributed by atoms with Crippen molar-refractivity contribution in [1.82, 2.24) is 15.0 Å². The van der Waals surface area contributed by atoms with Crippen LogP contribution in [0.1, 0.15) is 0 Å². The molecule has 2 aromatic heterocycles.